The van der Waals surface area contributed by atoms with Crippen molar-refractivity contribution in [3.8, 4) is 0 Å². The number of fused-ring (bicyclic) bond motifs is 3. The van der Waals surface area contributed by atoms with E-state index in [1.807, 2.05) is 11.3 Å². The topological polar surface area (TPSA) is 3.24 Å². The SMILES string of the molecule is Cc1ccccc1N(C)c1cccc2c1sc1ccccc12. The summed E-state index contributed by atoms with van der Waals surface area (Å²) in [6, 6.07) is 23.8. The highest BCUT2D eigenvalue weighted by Gasteiger charge is 2.13. The molecule has 4 aromatic rings. The molecule has 0 radical (unpaired) electrons. The molecule has 4 rings (SSSR count). The maximum absolute atomic E-state index is 2.30. The molecule has 1 heterocycles. The van der Waals surface area contributed by atoms with Crippen molar-refractivity contribution in [2.45, 2.75) is 6.92 Å². The van der Waals surface area contributed by atoms with E-state index in [1.165, 1.54) is 37.1 Å². The summed E-state index contributed by atoms with van der Waals surface area (Å²) in [6.45, 7) is 2.16. The van der Waals surface area contributed by atoms with Gasteiger partial charge in [-0.3, -0.25) is 0 Å². The first kappa shape index (κ1) is 13.4. The number of anilines is 2. The van der Waals surface area contributed by atoms with Gasteiger partial charge in [-0.2, -0.15) is 0 Å². The molecule has 1 aromatic heterocycles. The van der Waals surface area contributed by atoms with Gasteiger partial charge in [0.25, 0.3) is 0 Å². The number of para-hydroxylation sites is 1. The summed E-state index contributed by atoms with van der Waals surface area (Å²) in [5.74, 6) is 0. The first-order valence-corrected chi connectivity index (χ1v) is 8.27. The lowest BCUT2D eigenvalue weighted by molar-refractivity contribution is 1.20. The van der Waals surface area contributed by atoms with Crippen LogP contribution in [0.5, 0.6) is 0 Å². The van der Waals surface area contributed by atoms with Gasteiger partial charge in [0.1, 0.15) is 0 Å². The summed E-state index contributed by atoms with van der Waals surface area (Å²) in [5.41, 5.74) is 3.82. The van der Waals surface area contributed by atoms with E-state index < -0.39 is 0 Å². The molecule has 0 unspecified atom stereocenters. The van der Waals surface area contributed by atoms with Gasteiger partial charge in [-0.05, 0) is 30.7 Å². The molecule has 22 heavy (non-hydrogen) atoms. The van der Waals surface area contributed by atoms with Crippen molar-refractivity contribution < 1.29 is 0 Å². The van der Waals surface area contributed by atoms with Crippen molar-refractivity contribution in [1.82, 2.24) is 0 Å². The van der Waals surface area contributed by atoms with Crippen molar-refractivity contribution >= 4 is 42.9 Å². The summed E-state index contributed by atoms with van der Waals surface area (Å²) < 4.78 is 2.71. The fraction of sp³-hybridized carbons (Fsp3) is 0.100. The van der Waals surface area contributed by atoms with E-state index in [-0.39, 0.29) is 0 Å². The third kappa shape index (κ3) is 1.99. The summed E-state index contributed by atoms with van der Waals surface area (Å²) in [6.07, 6.45) is 0. The second kappa shape index (κ2) is 5.15. The molecule has 0 aliphatic rings. The van der Waals surface area contributed by atoms with Gasteiger partial charge in [-0.25, -0.2) is 0 Å². The van der Waals surface area contributed by atoms with E-state index in [2.05, 4.69) is 85.6 Å². The van der Waals surface area contributed by atoms with Crippen molar-refractivity contribution in [2.24, 2.45) is 0 Å². The Kier molecular flexibility index (Phi) is 3.12. The largest absolute Gasteiger partial charge is 0.343 e. The lowest BCUT2D eigenvalue weighted by atomic mass is 10.1. The number of hydrogen-bond acceptors (Lipinski definition) is 2. The number of thiophene rings is 1. The van der Waals surface area contributed by atoms with Gasteiger partial charge in [-0.1, -0.05) is 48.5 Å². The summed E-state index contributed by atoms with van der Waals surface area (Å²) in [4.78, 5) is 2.30. The Hall–Kier alpha value is -2.32. The maximum atomic E-state index is 2.30. The fourth-order valence-corrected chi connectivity index (χ4v) is 4.32. The van der Waals surface area contributed by atoms with Gasteiger partial charge >= 0.3 is 0 Å². The van der Waals surface area contributed by atoms with Crippen molar-refractivity contribution in [1.29, 1.82) is 0 Å². The third-order valence-corrected chi connectivity index (χ3v) is 5.43. The van der Waals surface area contributed by atoms with Crippen LogP contribution >= 0.6 is 11.3 Å². The Morgan fingerprint density at radius 2 is 1.41 bits per heavy atom. The molecule has 0 fully saturated rings. The molecule has 0 atom stereocenters. The van der Waals surface area contributed by atoms with Gasteiger partial charge in [0, 0.05) is 28.2 Å². The van der Waals surface area contributed by atoms with E-state index in [0.717, 1.165) is 0 Å². The average Bonchev–Trinajstić information content (AvgIpc) is 2.93. The number of hydrogen-bond donors (Lipinski definition) is 0. The molecular weight excluding hydrogens is 286 g/mol. The van der Waals surface area contributed by atoms with E-state index in [9.17, 15) is 0 Å². The maximum Gasteiger partial charge on any atom is 0.0592 e. The molecule has 0 amide bonds. The lowest BCUT2D eigenvalue weighted by Gasteiger charge is -2.22. The highest BCUT2D eigenvalue weighted by molar-refractivity contribution is 7.26. The molecule has 108 valence electrons. The molecule has 0 aliphatic heterocycles. The number of nitrogens with zero attached hydrogens (tertiary/aromatic N) is 1. The monoisotopic (exact) mass is 303 g/mol. The van der Waals surface area contributed by atoms with E-state index in [0.29, 0.717) is 0 Å². The number of benzene rings is 3. The normalized spacial score (nSPS) is 11.2. The summed E-state index contributed by atoms with van der Waals surface area (Å²) in [5, 5.41) is 2.70. The standard InChI is InChI=1S/C20H17NS/c1-14-8-3-5-11-17(14)21(2)18-12-7-10-16-15-9-4-6-13-19(15)22-20(16)18/h3-13H,1-2H3. The van der Waals surface area contributed by atoms with Crippen molar-refractivity contribution in [3.05, 3.63) is 72.3 Å². The minimum atomic E-state index is 1.26. The summed E-state index contributed by atoms with van der Waals surface area (Å²) in [7, 11) is 2.15. The molecule has 3 aromatic carbocycles. The first-order valence-electron chi connectivity index (χ1n) is 7.45. The zero-order valence-corrected chi connectivity index (χ0v) is 13.5. The Balaban J connectivity index is 1.97. The third-order valence-electron chi connectivity index (χ3n) is 4.22. The molecule has 0 spiro atoms. The quantitative estimate of drug-likeness (QED) is 0.430. The highest BCUT2D eigenvalue weighted by Crippen LogP contribution is 2.41. The van der Waals surface area contributed by atoms with Gasteiger partial charge in [0.2, 0.25) is 0 Å². The van der Waals surface area contributed by atoms with Gasteiger partial charge < -0.3 is 4.90 Å². The number of rotatable bonds is 2. The number of aryl methyl sites for hydroxylation is 1. The minimum absolute atomic E-state index is 1.26. The predicted octanol–water partition coefficient (Wildman–Crippen LogP) is 6.13. The van der Waals surface area contributed by atoms with Crippen LogP contribution < -0.4 is 4.90 Å². The van der Waals surface area contributed by atoms with Gasteiger partial charge in [0.15, 0.2) is 0 Å². The molecule has 0 saturated heterocycles. The van der Waals surface area contributed by atoms with Crippen LogP contribution in [0.4, 0.5) is 11.4 Å². The first-order chi connectivity index (χ1) is 10.8. The van der Waals surface area contributed by atoms with Crippen molar-refractivity contribution in [2.75, 3.05) is 11.9 Å². The van der Waals surface area contributed by atoms with E-state index >= 15 is 0 Å². The minimum Gasteiger partial charge on any atom is -0.343 e. The van der Waals surface area contributed by atoms with Crippen LogP contribution in [-0.4, -0.2) is 7.05 Å². The van der Waals surface area contributed by atoms with Crippen LogP contribution in [0, 0.1) is 6.92 Å². The molecule has 2 heteroatoms. The smallest absolute Gasteiger partial charge is 0.0592 e. The summed E-state index contributed by atoms with van der Waals surface area (Å²) >= 11 is 1.88. The average molecular weight is 303 g/mol. The zero-order chi connectivity index (χ0) is 15.1. The van der Waals surface area contributed by atoms with E-state index in [1.54, 1.807) is 0 Å². The van der Waals surface area contributed by atoms with Crippen molar-refractivity contribution in [3.63, 3.8) is 0 Å². The fourth-order valence-electron chi connectivity index (χ4n) is 3.07. The molecular formula is C20H17NS. The second-order valence-corrected chi connectivity index (χ2v) is 6.65. The zero-order valence-electron chi connectivity index (χ0n) is 12.7. The van der Waals surface area contributed by atoms with E-state index in [4.69, 9.17) is 0 Å². The Labute approximate surface area is 134 Å². The van der Waals surface area contributed by atoms with Crippen LogP contribution in [0.1, 0.15) is 5.56 Å². The Morgan fingerprint density at radius 1 is 0.727 bits per heavy atom. The van der Waals surface area contributed by atoms with Crippen LogP contribution in [0.25, 0.3) is 20.2 Å². The second-order valence-electron chi connectivity index (χ2n) is 5.60. The van der Waals surface area contributed by atoms with Crippen LogP contribution in [0.15, 0.2) is 66.7 Å². The predicted molar refractivity (Wildman–Crippen MR) is 98.6 cm³/mol. The van der Waals surface area contributed by atoms with Gasteiger partial charge in [0.05, 0.1) is 10.4 Å². The lowest BCUT2D eigenvalue weighted by Crippen LogP contribution is -2.10. The molecule has 0 saturated carbocycles. The Morgan fingerprint density at radius 3 is 2.27 bits per heavy atom. The van der Waals surface area contributed by atoms with Crippen LogP contribution in [0.3, 0.4) is 0 Å². The van der Waals surface area contributed by atoms with Gasteiger partial charge in [-0.15, -0.1) is 11.3 Å². The molecule has 0 N–H and O–H groups in total. The molecule has 1 nitrogen and oxygen atoms in total. The molecule has 0 bridgehead atoms. The van der Waals surface area contributed by atoms with Crippen LogP contribution in [0.2, 0.25) is 0 Å². The molecule has 0 aliphatic carbocycles. The Bertz CT molecular complexity index is 968. The highest BCUT2D eigenvalue weighted by atomic mass is 32.1. The van der Waals surface area contributed by atoms with Crippen LogP contribution in [-0.2, 0) is 0 Å².